The summed E-state index contributed by atoms with van der Waals surface area (Å²) in [5, 5.41) is 23.6. The fraction of sp³-hybridized carbons (Fsp3) is 0.769. The molecule has 1 N–H and O–H groups in total. The Labute approximate surface area is 126 Å². The zero-order valence-corrected chi connectivity index (χ0v) is 12.2. The van der Waals surface area contributed by atoms with Crippen LogP contribution in [0.1, 0.15) is 50.8 Å². The number of hydrogen-bond acceptors (Lipinski definition) is 5. The van der Waals surface area contributed by atoms with Crippen molar-refractivity contribution >= 4 is 5.69 Å². The SMILES string of the molecule is CC(O)OCC1CCC(n2cc([N+](=O)[O-])c(C(F)F)n2)CC1. The Morgan fingerprint density at radius 2 is 2.14 bits per heavy atom. The molecule has 1 heterocycles. The predicted molar refractivity (Wildman–Crippen MR) is 72.5 cm³/mol. The van der Waals surface area contributed by atoms with Crippen LogP contribution >= 0.6 is 0 Å². The minimum Gasteiger partial charge on any atom is -0.368 e. The second kappa shape index (κ2) is 7.10. The van der Waals surface area contributed by atoms with Crippen LogP contribution in [0.25, 0.3) is 0 Å². The monoisotopic (exact) mass is 319 g/mol. The second-order valence-corrected chi connectivity index (χ2v) is 5.54. The Morgan fingerprint density at radius 1 is 1.50 bits per heavy atom. The van der Waals surface area contributed by atoms with E-state index >= 15 is 0 Å². The lowest BCUT2D eigenvalue weighted by Gasteiger charge is -2.28. The molecule has 0 aromatic carbocycles. The smallest absolute Gasteiger partial charge is 0.316 e. The van der Waals surface area contributed by atoms with Crippen LogP contribution in [-0.2, 0) is 4.74 Å². The molecule has 1 aromatic rings. The van der Waals surface area contributed by atoms with Crippen LogP contribution in [0, 0.1) is 16.0 Å². The molecule has 0 radical (unpaired) electrons. The van der Waals surface area contributed by atoms with Gasteiger partial charge in [0, 0.05) is 0 Å². The van der Waals surface area contributed by atoms with Crippen molar-refractivity contribution in [3.63, 3.8) is 0 Å². The summed E-state index contributed by atoms with van der Waals surface area (Å²) in [7, 11) is 0. The number of aliphatic hydroxyl groups excluding tert-OH is 1. The maximum Gasteiger partial charge on any atom is 0.316 e. The molecule has 22 heavy (non-hydrogen) atoms. The van der Waals surface area contributed by atoms with Crippen molar-refractivity contribution in [3.05, 3.63) is 22.0 Å². The molecule has 0 spiro atoms. The average Bonchev–Trinajstić information content (AvgIpc) is 2.91. The van der Waals surface area contributed by atoms with E-state index in [-0.39, 0.29) is 6.04 Å². The Balaban J connectivity index is 1.99. The van der Waals surface area contributed by atoms with Gasteiger partial charge in [-0.3, -0.25) is 14.8 Å². The lowest BCUT2D eigenvalue weighted by Crippen LogP contribution is -2.23. The second-order valence-electron chi connectivity index (χ2n) is 5.54. The highest BCUT2D eigenvalue weighted by Crippen LogP contribution is 2.35. The van der Waals surface area contributed by atoms with Gasteiger partial charge in [-0.15, -0.1) is 0 Å². The zero-order chi connectivity index (χ0) is 16.3. The van der Waals surface area contributed by atoms with Gasteiger partial charge in [-0.2, -0.15) is 5.10 Å². The van der Waals surface area contributed by atoms with E-state index in [9.17, 15) is 18.9 Å². The number of rotatable bonds is 6. The third-order valence-corrected chi connectivity index (χ3v) is 3.91. The van der Waals surface area contributed by atoms with Crippen LogP contribution in [0.15, 0.2) is 6.20 Å². The van der Waals surface area contributed by atoms with E-state index in [1.807, 2.05) is 0 Å². The molecule has 124 valence electrons. The van der Waals surface area contributed by atoms with E-state index in [1.165, 1.54) is 4.68 Å². The minimum atomic E-state index is -2.96. The van der Waals surface area contributed by atoms with E-state index in [1.54, 1.807) is 6.92 Å². The molecular weight excluding hydrogens is 300 g/mol. The van der Waals surface area contributed by atoms with Gasteiger partial charge in [-0.25, -0.2) is 8.78 Å². The highest BCUT2D eigenvalue weighted by atomic mass is 19.3. The molecule has 1 aliphatic carbocycles. The molecule has 1 atom stereocenters. The quantitative estimate of drug-likeness (QED) is 0.494. The van der Waals surface area contributed by atoms with Crippen LogP contribution in [-0.4, -0.2) is 32.7 Å². The number of nitro groups is 1. The van der Waals surface area contributed by atoms with Crippen molar-refractivity contribution in [2.75, 3.05) is 6.61 Å². The van der Waals surface area contributed by atoms with E-state index in [4.69, 9.17) is 9.84 Å². The fourth-order valence-electron chi connectivity index (χ4n) is 2.73. The number of nitrogens with zero attached hydrogens (tertiary/aromatic N) is 3. The molecule has 9 heteroatoms. The molecule has 1 aliphatic rings. The topological polar surface area (TPSA) is 90.4 Å². The Kier molecular flexibility index (Phi) is 5.41. The normalized spacial score (nSPS) is 23.7. The van der Waals surface area contributed by atoms with E-state index in [0.29, 0.717) is 25.4 Å². The standard InChI is InChI=1S/C13H19F2N3O4/c1-8(19)22-7-9-2-4-10(5-3-9)17-6-11(18(20)21)12(16-17)13(14)15/h6,8-10,13,19H,2-5,7H2,1H3. The minimum absolute atomic E-state index is 0.117. The maximum atomic E-state index is 12.8. The lowest BCUT2D eigenvalue weighted by atomic mass is 9.86. The Bertz CT molecular complexity index is 513. The molecule has 1 aromatic heterocycles. The van der Waals surface area contributed by atoms with Crippen molar-refractivity contribution in [1.82, 2.24) is 9.78 Å². The first-order valence-electron chi connectivity index (χ1n) is 7.19. The van der Waals surface area contributed by atoms with E-state index < -0.39 is 29.0 Å². The van der Waals surface area contributed by atoms with E-state index in [0.717, 1.165) is 19.0 Å². The summed E-state index contributed by atoms with van der Waals surface area (Å²) in [4.78, 5) is 9.98. The molecular formula is C13H19F2N3O4. The molecule has 0 amide bonds. The van der Waals surface area contributed by atoms with E-state index in [2.05, 4.69) is 5.10 Å². The molecule has 2 rings (SSSR count). The van der Waals surface area contributed by atoms with Gasteiger partial charge in [0.15, 0.2) is 6.29 Å². The van der Waals surface area contributed by atoms with Gasteiger partial charge >= 0.3 is 5.69 Å². The van der Waals surface area contributed by atoms with Crippen LogP contribution in [0.4, 0.5) is 14.5 Å². The highest BCUT2D eigenvalue weighted by Gasteiger charge is 2.30. The van der Waals surface area contributed by atoms with Crippen LogP contribution < -0.4 is 0 Å². The van der Waals surface area contributed by atoms with Crippen molar-refractivity contribution in [2.24, 2.45) is 5.92 Å². The first-order valence-corrected chi connectivity index (χ1v) is 7.19. The summed E-state index contributed by atoms with van der Waals surface area (Å²) in [5.74, 6) is 0.297. The van der Waals surface area contributed by atoms with Crippen molar-refractivity contribution in [3.8, 4) is 0 Å². The third-order valence-electron chi connectivity index (χ3n) is 3.91. The van der Waals surface area contributed by atoms with Crippen LogP contribution in [0.3, 0.4) is 0 Å². The first-order chi connectivity index (χ1) is 10.4. The fourth-order valence-corrected chi connectivity index (χ4v) is 2.73. The average molecular weight is 319 g/mol. The molecule has 0 aliphatic heterocycles. The molecule has 0 bridgehead atoms. The first kappa shape index (κ1) is 16.8. The van der Waals surface area contributed by atoms with Crippen LogP contribution in [0.5, 0.6) is 0 Å². The van der Waals surface area contributed by atoms with Gasteiger partial charge in [0.2, 0.25) is 5.69 Å². The van der Waals surface area contributed by atoms with Gasteiger partial charge < -0.3 is 9.84 Å². The molecule has 1 saturated carbocycles. The summed E-state index contributed by atoms with van der Waals surface area (Å²) in [6.07, 6.45) is 0.311. The zero-order valence-electron chi connectivity index (χ0n) is 12.2. The summed E-state index contributed by atoms with van der Waals surface area (Å²) in [6.45, 7) is 1.99. The van der Waals surface area contributed by atoms with Gasteiger partial charge in [0.1, 0.15) is 6.20 Å². The largest absolute Gasteiger partial charge is 0.368 e. The molecule has 1 fully saturated rings. The van der Waals surface area contributed by atoms with Crippen LogP contribution in [0.2, 0.25) is 0 Å². The number of aromatic nitrogens is 2. The number of hydrogen-bond donors (Lipinski definition) is 1. The van der Waals surface area contributed by atoms with Gasteiger partial charge in [-0.05, 0) is 38.5 Å². The lowest BCUT2D eigenvalue weighted by molar-refractivity contribution is -0.386. The number of ether oxygens (including phenoxy) is 1. The summed E-state index contributed by atoms with van der Waals surface area (Å²) < 4.78 is 32.0. The predicted octanol–water partition coefficient (Wildman–Crippen LogP) is 2.82. The van der Waals surface area contributed by atoms with Crippen molar-refractivity contribution in [2.45, 2.75) is 51.4 Å². The van der Waals surface area contributed by atoms with Gasteiger partial charge in [0.25, 0.3) is 6.43 Å². The summed E-state index contributed by atoms with van der Waals surface area (Å²) in [5.41, 5.74) is -1.40. The van der Waals surface area contributed by atoms with Crippen molar-refractivity contribution in [1.29, 1.82) is 0 Å². The summed E-state index contributed by atoms with van der Waals surface area (Å²) >= 11 is 0. The van der Waals surface area contributed by atoms with Gasteiger partial charge in [-0.1, -0.05) is 0 Å². The Hall–Kier alpha value is -1.61. The molecule has 7 nitrogen and oxygen atoms in total. The third kappa shape index (κ3) is 3.98. The summed E-state index contributed by atoms with van der Waals surface area (Å²) in [6, 6.07) is -0.117. The maximum absolute atomic E-state index is 12.8. The molecule has 0 saturated heterocycles. The number of alkyl halides is 2. The Morgan fingerprint density at radius 3 is 2.59 bits per heavy atom. The molecule has 1 unspecified atom stereocenters. The number of aliphatic hydroxyl groups is 1. The highest BCUT2D eigenvalue weighted by molar-refractivity contribution is 5.33. The van der Waals surface area contributed by atoms with Gasteiger partial charge in [0.05, 0.1) is 17.6 Å². The van der Waals surface area contributed by atoms with Crippen molar-refractivity contribution < 1.29 is 23.5 Å². The number of halogens is 2.